The van der Waals surface area contributed by atoms with Gasteiger partial charge < -0.3 is 5.32 Å². The number of carbonyl (C=O) groups excluding carboxylic acids is 1. The van der Waals surface area contributed by atoms with Gasteiger partial charge >= 0.3 is 0 Å². The lowest BCUT2D eigenvalue weighted by molar-refractivity contribution is -0.119. The summed E-state index contributed by atoms with van der Waals surface area (Å²) in [6, 6.07) is 19.2. The van der Waals surface area contributed by atoms with Crippen LogP contribution in [0.15, 0.2) is 82.2 Å². The van der Waals surface area contributed by atoms with Crippen LogP contribution in [0.3, 0.4) is 0 Å². The molecule has 0 saturated carbocycles. The lowest BCUT2D eigenvalue weighted by Gasteiger charge is -2.24. The Kier molecular flexibility index (Phi) is 7.46. The molecule has 3 aromatic rings. The zero-order chi connectivity index (χ0) is 22.4. The molecule has 0 fully saturated rings. The number of hydrogen-bond donors (Lipinski definition) is 1. The Hall–Kier alpha value is -2.71. The van der Waals surface area contributed by atoms with E-state index < -0.39 is 15.9 Å². The highest BCUT2D eigenvalue weighted by Crippen LogP contribution is 2.25. The van der Waals surface area contributed by atoms with Gasteiger partial charge in [-0.25, -0.2) is 12.8 Å². The molecule has 3 aromatic carbocycles. The van der Waals surface area contributed by atoms with E-state index in [1.54, 1.807) is 48.5 Å². The summed E-state index contributed by atoms with van der Waals surface area (Å²) in [5.41, 5.74) is 2.20. The summed E-state index contributed by atoms with van der Waals surface area (Å²) in [5, 5.41) is 2.74. The van der Waals surface area contributed by atoms with Gasteiger partial charge in [-0.2, -0.15) is 0 Å². The topological polar surface area (TPSA) is 66.5 Å². The van der Waals surface area contributed by atoms with E-state index >= 15 is 0 Å². The maximum atomic E-state index is 13.3. The van der Waals surface area contributed by atoms with Crippen molar-refractivity contribution in [1.82, 2.24) is 5.32 Å². The van der Waals surface area contributed by atoms with Crippen LogP contribution in [0, 0.1) is 12.7 Å². The lowest BCUT2D eigenvalue weighted by atomic mass is 10.1. The number of benzene rings is 3. The number of halogens is 2. The van der Waals surface area contributed by atoms with Crippen LogP contribution in [-0.2, 0) is 21.2 Å². The van der Waals surface area contributed by atoms with Crippen molar-refractivity contribution in [2.45, 2.75) is 18.2 Å². The van der Waals surface area contributed by atoms with E-state index in [1.807, 2.05) is 6.92 Å². The number of nitrogens with zero attached hydrogens (tertiary/aromatic N) is 1. The minimum atomic E-state index is -3.95. The Morgan fingerprint density at radius 2 is 1.58 bits per heavy atom. The number of carbonyl (C=O) groups is 1. The largest absolute Gasteiger partial charge is 0.354 e. The van der Waals surface area contributed by atoms with Gasteiger partial charge in [0.05, 0.1) is 10.6 Å². The molecule has 0 spiro atoms. The number of sulfonamides is 1. The van der Waals surface area contributed by atoms with Gasteiger partial charge in [0, 0.05) is 11.0 Å². The Morgan fingerprint density at radius 1 is 0.968 bits per heavy atom. The average Bonchev–Trinajstić information content (AvgIpc) is 2.74. The molecular weight excluding hydrogens is 483 g/mol. The zero-order valence-corrected chi connectivity index (χ0v) is 19.3. The summed E-state index contributed by atoms with van der Waals surface area (Å²) in [6.45, 7) is 1.82. The highest BCUT2D eigenvalue weighted by atomic mass is 79.9. The number of nitrogens with one attached hydrogen (secondary N) is 1. The molecule has 0 aliphatic carbocycles. The molecule has 0 aliphatic rings. The second-order valence-corrected chi connectivity index (χ2v) is 9.81. The number of aryl methyl sites for hydroxylation is 1. The van der Waals surface area contributed by atoms with Crippen molar-refractivity contribution in [3.63, 3.8) is 0 Å². The van der Waals surface area contributed by atoms with Gasteiger partial charge in [0.2, 0.25) is 5.91 Å². The van der Waals surface area contributed by atoms with Crippen LogP contribution in [0.5, 0.6) is 0 Å². The molecular formula is C23H22BrFN2O3S. The van der Waals surface area contributed by atoms with Gasteiger partial charge in [-0.15, -0.1) is 0 Å². The molecule has 0 heterocycles. The third-order valence-electron chi connectivity index (χ3n) is 4.66. The highest BCUT2D eigenvalue weighted by molar-refractivity contribution is 9.10. The van der Waals surface area contributed by atoms with Crippen LogP contribution in [-0.4, -0.2) is 27.4 Å². The quantitative estimate of drug-likeness (QED) is 0.492. The number of hydrogen-bond acceptors (Lipinski definition) is 3. The highest BCUT2D eigenvalue weighted by Gasteiger charge is 2.27. The van der Waals surface area contributed by atoms with E-state index in [0.717, 1.165) is 19.9 Å². The molecule has 1 amide bonds. The van der Waals surface area contributed by atoms with E-state index in [0.29, 0.717) is 18.7 Å². The van der Waals surface area contributed by atoms with Crippen LogP contribution in [0.1, 0.15) is 11.1 Å². The molecule has 162 valence electrons. The molecule has 31 heavy (non-hydrogen) atoms. The van der Waals surface area contributed by atoms with Crippen molar-refractivity contribution >= 4 is 37.5 Å². The number of rotatable bonds is 8. The third-order valence-corrected chi connectivity index (χ3v) is 6.98. The van der Waals surface area contributed by atoms with Crippen molar-refractivity contribution in [1.29, 1.82) is 0 Å². The van der Waals surface area contributed by atoms with E-state index in [9.17, 15) is 17.6 Å². The second kappa shape index (κ2) is 10.1. The fourth-order valence-corrected chi connectivity index (χ4v) is 4.63. The van der Waals surface area contributed by atoms with E-state index in [2.05, 4.69) is 21.2 Å². The molecule has 1 N–H and O–H groups in total. The van der Waals surface area contributed by atoms with E-state index in [-0.39, 0.29) is 17.3 Å². The normalized spacial score (nSPS) is 11.2. The first-order chi connectivity index (χ1) is 14.8. The first-order valence-corrected chi connectivity index (χ1v) is 11.8. The summed E-state index contributed by atoms with van der Waals surface area (Å²) in [7, 11) is -3.95. The molecule has 0 atom stereocenters. The summed E-state index contributed by atoms with van der Waals surface area (Å²) in [5.74, 6) is -0.750. The first-order valence-electron chi connectivity index (χ1n) is 9.62. The average molecular weight is 505 g/mol. The van der Waals surface area contributed by atoms with Crippen LogP contribution in [0.4, 0.5) is 10.1 Å². The number of anilines is 1. The third kappa shape index (κ3) is 6.15. The summed E-state index contributed by atoms with van der Waals surface area (Å²) in [4.78, 5) is 12.7. The molecule has 3 rings (SSSR count). The Balaban J connectivity index is 1.76. The molecule has 0 aliphatic heterocycles. The van der Waals surface area contributed by atoms with Crippen LogP contribution < -0.4 is 9.62 Å². The Morgan fingerprint density at radius 3 is 2.19 bits per heavy atom. The summed E-state index contributed by atoms with van der Waals surface area (Å²) in [6.07, 6.45) is 0.509. The van der Waals surface area contributed by atoms with Gasteiger partial charge in [-0.3, -0.25) is 9.10 Å². The zero-order valence-electron chi connectivity index (χ0n) is 16.9. The molecule has 0 radical (unpaired) electrons. The molecule has 0 unspecified atom stereocenters. The van der Waals surface area contributed by atoms with Gasteiger partial charge in [0.25, 0.3) is 10.0 Å². The fraction of sp³-hybridized carbons (Fsp3) is 0.174. The second-order valence-electron chi connectivity index (χ2n) is 7.03. The van der Waals surface area contributed by atoms with Gasteiger partial charge in [-0.1, -0.05) is 45.8 Å². The van der Waals surface area contributed by atoms with Gasteiger partial charge in [0.1, 0.15) is 12.4 Å². The van der Waals surface area contributed by atoms with Crippen molar-refractivity contribution < 1.29 is 17.6 Å². The molecule has 8 heteroatoms. The fourth-order valence-electron chi connectivity index (χ4n) is 2.94. The maximum absolute atomic E-state index is 13.3. The Bertz CT molecular complexity index is 1130. The van der Waals surface area contributed by atoms with Crippen LogP contribution in [0.2, 0.25) is 0 Å². The van der Waals surface area contributed by atoms with Crippen molar-refractivity contribution in [3.05, 3.63) is 94.2 Å². The summed E-state index contributed by atoms with van der Waals surface area (Å²) < 4.78 is 41.5. The van der Waals surface area contributed by atoms with Gasteiger partial charge in [0.15, 0.2) is 0 Å². The minimum Gasteiger partial charge on any atom is -0.354 e. The lowest BCUT2D eigenvalue weighted by Crippen LogP contribution is -2.41. The maximum Gasteiger partial charge on any atom is 0.264 e. The molecule has 0 aromatic heterocycles. The van der Waals surface area contributed by atoms with Crippen molar-refractivity contribution in [3.8, 4) is 0 Å². The smallest absolute Gasteiger partial charge is 0.264 e. The molecule has 0 saturated heterocycles. The summed E-state index contributed by atoms with van der Waals surface area (Å²) >= 11 is 3.34. The SMILES string of the molecule is Cc1ccc(S(=O)(=O)N(CC(=O)NCCc2ccc(F)cc2)c2ccc(Br)cc2)cc1. The predicted molar refractivity (Wildman–Crippen MR) is 123 cm³/mol. The first kappa shape index (κ1) is 23.0. The minimum absolute atomic E-state index is 0.111. The standard InChI is InChI=1S/C23H22BrFN2O3S/c1-17-2-12-22(13-3-17)31(29,30)27(21-10-6-19(24)7-11-21)16-23(28)26-15-14-18-4-8-20(25)9-5-18/h2-13H,14-16H2,1H3,(H,26,28). The number of amides is 1. The van der Waals surface area contributed by atoms with Crippen molar-refractivity contribution in [2.24, 2.45) is 0 Å². The van der Waals surface area contributed by atoms with E-state index in [1.165, 1.54) is 24.3 Å². The predicted octanol–water partition coefficient (Wildman–Crippen LogP) is 4.45. The Labute approximate surface area is 190 Å². The van der Waals surface area contributed by atoms with Crippen molar-refractivity contribution in [2.75, 3.05) is 17.4 Å². The van der Waals surface area contributed by atoms with Crippen LogP contribution >= 0.6 is 15.9 Å². The molecule has 5 nitrogen and oxygen atoms in total. The van der Waals surface area contributed by atoms with Gasteiger partial charge in [-0.05, 0) is 67.4 Å². The molecule has 0 bridgehead atoms. The monoisotopic (exact) mass is 504 g/mol. The van der Waals surface area contributed by atoms with Crippen LogP contribution in [0.25, 0.3) is 0 Å². The van der Waals surface area contributed by atoms with E-state index in [4.69, 9.17) is 0 Å².